The lowest BCUT2D eigenvalue weighted by Gasteiger charge is -2.30. The van der Waals surface area contributed by atoms with E-state index in [0.29, 0.717) is 27.9 Å². The Morgan fingerprint density at radius 2 is 2.03 bits per heavy atom. The number of hydrogen-bond donors (Lipinski definition) is 2. The fourth-order valence-electron chi connectivity index (χ4n) is 3.46. The number of nitrogens with one attached hydrogen (secondary N) is 2. The largest absolute Gasteiger partial charge is 0.495 e. The summed E-state index contributed by atoms with van der Waals surface area (Å²) in [6, 6.07) is 12.1. The van der Waals surface area contributed by atoms with Crippen LogP contribution in [-0.2, 0) is 4.79 Å². The van der Waals surface area contributed by atoms with Crippen LogP contribution in [0, 0.1) is 23.0 Å². The van der Waals surface area contributed by atoms with Gasteiger partial charge < -0.3 is 15.4 Å². The Bertz CT molecular complexity index is 1120. The first-order chi connectivity index (χ1) is 14.9. The quantitative estimate of drug-likeness (QED) is 0.655. The summed E-state index contributed by atoms with van der Waals surface area (Å²) in [6.07, 6.45) is 0. The Hall–Kier alpha value is -3.31. The number of halogens is 2. The molecule has 0 aliphatic carbocycles. The van der Waals surface area contributed by atoms with E-state index in [9.17, 15) is 18.8 Å². The van der Waals surface area contributed by atoms with Gasteiger partial charge in [0.25, 0.3) is 5.91 Å². The third kappa shape index (κ3) is 4.57. The first-order valence-corrected chi connectivity index (χ1v) is 10.5. The van der Waals surface area contributed by atoms with Crippen LogP contribution in [0.3, 0.4) is 0 Å². The van der Waals surface area contributed by atoms with Gasteiger partial charge in [-0.05, 0) is 30.9 Å². The Kier molecular flexibility index (Phi) is 6.98. The monoisotopic (exact) mass is 441 g/mol. The normalized spacial score (nSPS) is 15.9. The molecule has 0 saturated carbocycles. The first-order valence-electron chi connectivity index (χ1n) is 9.55. The molecule has 0 aromatic heterocycles. The number of anilines is 1. The molecule has 5 nitrogen and oxygen atoms in total. The average Bonchev–Trinajstić information content (AvgIpc) is 2.74. The average molecular weight is 442 g/mol. The Morgan fingerprint density at radius 3 is 2.68 bits per heavy atom. The zero-order valence-corrected chi connectivity index (χ0v) is 18.1. The van der Waals surface area contributed by atoms with Gasteiger partial charge in [0.2, 0.25) is 0 Å². The summed E-state index contributed by atoms with van der Waals surface area (Å²) in [5, 5.41) is 16.3. The number of amides is 1. The van der Waals surface area contributed by atoms with Crippen molar-refractivity contribution in [3.05, 3.63) is 81.5 Å². The van der Waals surface area contributed by atoms with Crippen LogP contribution in [0.15, 0.2) is 64.3 Å². The molecule has 0 fully saturated rings. The second-order valence-electron chi connectivity index (χ2n) is 6.70. The minimum absolute atomic E-state index is 0.0539. The van der Waals surface area contributed by atoms with E-state index >= 15 is 0 Å². The molecule has 2 aromatic carbocycles. The van der Waals surface area contributed by atoms with E-state index in [1.807, 2.05) is 6.92 Å². The van der Waals surface area contributed by atoms with Crippen LogP contribution in [0.2, 0.25) is 0 Å². The van der Waals surface area contributed by atoms with E-state index in [4.69, 9.17) is 4.74 Å². The van der Waals surface area contributed by atoms with Crippen LogP contribution in [0.5, 0.6) is 5.75 Å². The maximum atomic E-state index is 14.8. The molecule has 2 aromatic rings. The number of nitrogens with zero attached hydrogens (tertiary/aromatic N) is 1. The molecule has 3 rings (SSSR count). The van der Waals surface area contributed by atoms with Crippen molar-refractivity contribution in [2.45, 2.75) is 19.8 Å². The summed E-state index contributed by atoms with van der Waals surface area (Å²) in [5.74, 6) is -1.94. The number of hydrogen-bond acceptors (Lipinski definition) is 5. The van der Waals surface area contributed by atoms with Crippen molar-refractivity contribution < 1.29 is 18.3 Å². The Labute approximate surface area is 183 Å². The third-order valence-corrected chi connectivity index (χ3v) is 5.71. The number of ether oxygens (including phenoxy) is 1. The molecule has 160 valence electrons. The topological polar surface area (TPSA) is 74.2 Å². The van der Waals surface area contributed by atoms with Crippen molar-refractivity contribution in [3.63, 3.8) is 0 Å². The Morgan fingerprint density at radius 1 is 1.29 bits per heavy atom. The summed E-state index contributed by atoms with van der Waals surface area (Å²) < 4.78 is 33.6. The highest BCUT2D eigenvalue weighted by Gasteiger charge is 2.36. The molecule has 1 aliphatic heterocycles. The molecule has 0 spiro atoms. The van der Waals surface area contributed by atoms with E-state index in [2.05, 4.69) is 16.7 Å². The molecule has 1 atom stereocenters. The summed E-state index contributed by atoms with van der Waals surface area (Å²) >= 11 is 1.38. The standard InChI is InChI=1S/C23H21F2N3O2S/c1-4-31-23-16(12-26)21(15-10-9-14(24)11-17(15)25)20(13(2)27-23)22(29)28-18-7-5-6-8-19(18)30-3/h5-11,21,27H,4H2,1-3H3,(H,28,29). The maximum Gasteiger partial charge on any atom is 0.254 e. The van der Waals surface area contributed by atoms with E-state index < -0.39 is 23.5 Å². The van der Waals surface area contributed by atoms with Crippen LogP contribution in [0.4, 0.5) is 14.5 Å². The number of benzene rings is 2. The van der Waals surface area contributed by atoms with E-state index in [0.717, 1.165) is 12.1 Å². The molecule has 31 heavy (non-hydrogen) atoms. The maximum absolute atomic E-state index is 14.8. The van der Waals surface area contributed by atoms with Gasteiger partial charge in [-0.25, -0.2) is 8.78 Å². The lowest BCUT2D eigenvalue weighted by molar-refractivity contribution is -0.113. The minimum atomic E-state index is -0.990. The fraction of sp³-hybridized carbons (Fsp3) is 0.217. The molecular formula is C23H21F2N3O2S. The molecule has 0 radical (unpaired) electrons. The van der Waals surface area contributed by atoms with Gasteiger partial charge in [-0.15, -0.1) is 11.8 Å². The number of carbonyl (C=O) groups excluding carboxylic acids is 1. The lowest BCUT2D eigenvalue weighted by Crippen LogP contribution is -2.31. The number of allylic oxidation sites excluding steroid dienone is 2. The summed E-state index contributed by atoms with van der Waals surface area (Å²) in [6.45, 7) is 3.61. The van der Waals surface area contributed by atoms with E-state index in [1.165, 1.54) is 24.9 Å². The van der Waals surface area contributed by atoms with Crippen molar-refractivity contribution in [1.82, 2.24) is 5.32 Å². The van der Waals surface area contributed by atoms with Crippen LogP contribution >= 0.6 is 11.8 Å². The molecule has 1 heterocycles. The number of dihydropyridines is 1. The van der Waals surface area contributed by atoms with Gasteiger partial charge in [0.1, 0.15) is 17.4 Å². The van der Waals surface area contributed by atoms with Gasteiger partial charge in [-0.3, -0.25) is 4.79 Å². The smallest absolute Gasteiger partial charge is 0.254 e. The summed E-state index contributed by atoms with van der Waals surface area (Å²) in [4.78, 5) is 13.3. The Balaban J connectivity index is 2.13. The van der Waals surface area contributed by atoms with Gasteiger partial charge in [0.15, 0.2) is 0 Å². The van der Waals surface area contributed by atoms with Crippen LogP contribution in [0.1, 0.15) is 25.3 Å². The summed E-state index contributed by atoms with van der Waals surface area (Å²) in [7, 11) is 1.49. The molecule has 1 unspecified atom stereocenters. The predicted molar refractivity (Wildman–Crippen MR) is 117 cm³/mol. The van der Waals surface area contributed by atoms with Crippen molar-refractivity contribution in [3.8, 4) is 11.8 Å². The van der Waals surface area contributed by atoms with Gasteiger partial charge >= 0.3 is 0 Å². The van der Waals surface area contributed by atoms with Gasteiger partial charge in [0, 0.05) is 22.9 Å². The zero-order valence-electron chi connectivity index (χ0n) is 17.3. The lowest BCUT2D eigenvalue weighted by atomic mass is 9.81. The molecular weight excluding hydrogens is 420 g/mol. The second-order valence-corrected chi connectivity index (χ2v) is 7.98. The zero-order chi connectivity index (χ0) is 22.5. The highest BCUT2D eigenvalue weighted by atomic mass is 32.2. The van der Waals surface area contributed by atoms with Crippen molar-refractivity contribution in [2.75, 3.05) is 18.2 Å². The van der Waals surface area contributed by atoms with Crippen LogP contribution < -0.4 is 15.4 Å². The molecule has 8 heteroatoms. The van der Waals surface area contributed by atoms with Crippen molar-refractivity contribution >= 4 is 23.4 Å². The van der Waals surface area contributed by atoms with Crippen molar-refractivity contribution in [2.24, 2.45) is 0 Å². The summed E-state index contributed by atoms with van der Waals surface area (Å²) in [5.41, 5.74) is 1.35. The molecule has 2 N–H and O–H groups in total. The number of rotatable bonds is 6. The highest BCUT2D eigenvalue weighted by molar-refractivity contribution is 8.03. The fourth-order valence-corrected chi connectivity index (χ4v) is 4.29. The molecule has 1 amide bonds. The SMILES string of the molecule is CCSC1=C(C#N)C(c2ccc(F)cc2F)C(C(=O)Nc2ccccc2OC)=C(C)N1. The molecule has 0 saturated heterocycles. The van der Waals surface area contributed by atoms with Gasteiger partial charge in [-0.2, -0.15) is 5.26 Å². The molecule has 0 bridgehead atoms. The number of methoxy groups -OCH3 is 1. The van der Waals surface area contributed by atoms with Crippen LogP contribution in [0.25, 0.3) is 0 Å². The minimum Gasteiger partial charge on any atom is -0.495 e. The number of carbonyl (C=O) groups is 1. The van der Waals surface area contributed by atoms with Gasteiger partial charge in [-0.1, -0.05) is 25.1 Å². The van der Waals surface area contributed by atoms with Gasteiger partial charge in [0.05, 0.1) is 35.4 Å². The van der Waals surface area contributed by atoms with Crippen LogP contribution in [-0.4, -0.2) is 18.8 Å². The van der Waals surface area contributed by atoms with E-state index in [-0.39, 0.29) is 16.7 Å². The second kappa shape index (κ2) is 9.67. The number of nitriles is 1. The number of para-hydroxylation sites is 2. The molecule has 1 aliphatic rings. The highest BCUT2D eigenvalue weighted by Crippen LogP contribution is 2.42. The predicted octanol–water partition coefficient (Wildman–Crippen LogP) is 5.06. The van der Waals surface area contributed by atoms with E-state index in [1.54, 1.807) is 31.2 Å². The number of thioether (sulfide) groups is 1. The third-order valence-electron chi connectivity index (χ3n) is 4.81. The first kappa shape index (κ1) is 22.4. The van der Waals surface area contributed by atoms with Crippen molar-refractivity contribution in [1.29, 1.82) is 5.26 Å².